The van der Waals surface area contributed by atoms with E-state index in [1.807, 2.05) is 29.2 Å². The molecule has 7 heteroatoms. The molecule has 0 radical (unpaired) electrons. The number of aromatic nitrogens is 2. The minimum Gasteiger partial charge on any atom is -0.340 e. The Hall–Kier alpha value is -1.92. The molecule has 0 spiro atoms. The van der Waals surface area contributed by atoms with Crippen LogP contribution in [-0.2, 0) is 4.79 Å². The molecule has 0 saturated carbocycles. The number of halogens is 1. The number of hydrogen-bond donors (Lipinski definition) is 0. The molecule has 1 saturated heterocycles. The van der Waals surface area contributed by atoms with Crippen molar-refractivity contribution in [2.24, 2.45) is 5.92 Å². The monoisotopic (exact) mass is 376 g/mol. The SMILES string of the molecule is CC(C)CC(=O)N1CCN(C(C)c2nc(-c3ccc(Cl)cc3)no2)CC1. The lowest BCUT2D eigenvalue weighted by Gasteiger charge is -2.37. The van der Waals surface area contributed by atoms with Crippen molar-refractivity contribution in [3.05, 3.63) is 35.2 Å². The lowest BCUT2D eigenvalue weighted by atomic mass is 10.1. The van der Waals surface area contributed by atoms with Gasteiger partial charge in [0.2, 0.25) is 17.6 Å². The van der Waals surface area contributed by atoms with E-state index >= 15 is 0 Å². The first-order valence-electron chi connectivity index (χ1n) is 9.05. The molecular formula is C19H25ClN4O2. The molecule has 2 heterocycles. The summed E-state index contributed by atoms with van der Waals surface area (Å²) in [4.78, 5) is 21.0. The molecule has 1 unspecified atom stereocenters. The number of nitrogens with zero attached hydrogens (tertiary/aromatic N) is 4. The first-order valence-corrected chi connectivity index (χ1v) is 9.43. The molecule has 1 aromatic heterocycles. The Balaban J connectivity index is 1.60. The van der Waals surface area contributed by atoms with Crippen LogP contribution >= 0.6 is 11.6 Å². The van der Waals surface area contributed by atoms with Crippen LogP contribution in [0.1, 0.15) is 39.1 Å². The van der Waals surface area contributed by atoms with Gasteiger partial charge in [0.1, 0.15) is 0 Å². The predicted octanol–water partition coefficient (Wildman–Crippen LogP) is 3.64. The Labute approximate surface area is 159 Å². The van der Waals surface area contributed by atoms with Crippen LogP contribution in [-0.4, -0.2) is 52.0 Å². The van der Waals surface area contributed by atoms with Gasteiger partial charge < -0.3 is 9.42 Å². The van der Waals surface area contributed by atoms with E-state index in [-0.39, 0.29) is 11.9 Å². The molecule has 2 aromatic rings. The topological polar surface area (TPSA) is 62.5 Å². The summed E-state index contributed by atoms with van der Waals surface area (Å²) in [6.45, 7) is 9.31. The zero-order valence-electron chi connectivity index (χ0n) is 15.5. The summed E-state index contributed by atoms with van der Waals surface area (Å²) in [7, 11) is 0. The van der Waals surface area contributed by atoms with Crippen molar-refractivity contribution in [3.63, 3.8) is 0 Å². The number of carbonyl (C=O) groups is 1. The minimum absolute atomic E-state index is 0.0194. The highest BCUT2D eigenvalue weighted by atomic mass is 35.5. The normalized spacial score (nSPS) is 16.9. The molecular weight excluding hydrogens is 352 g/mol. The third kappa shape index (κ3) is 4.43. The van der Waals surface area contributed by atoms with Crippen molar-refractivity contribution in [3.8, 4) is 11.4 Å². The standard InChI is InChI=1S/C19H25ClN4O2/c1-13(2)12-17(25)24-10-8-23(9-11-24)14(3)19-21-18(22-26-19)15-4-6-16(20)7-5-15/h4-7,13-14H,8-12H2,1-3H3. The van der Waals surface area contributed by atoms with Crippen LogP contribution in [0, 0.1) is 5.92 Å². The van der Waals surface area contributed by atoms with Gasteiger partial charge in [0.15, 0.2) is 0 Å². The van der Waals surface area contributed by atoms with E-state index in [1.54, 1.807) is 0 Å². The summed E-state index contributed by atoms with van der Waals surface area (Å²) in [6, 6.07) is 7.39. The van der Waals surface area contributed by atoms with Gasteiger partial charge in [-0.15, -0.1) is 0 Å². The maximum absolute atomic E-state index is 12.2. The maximum Gasteiger partial charge on any atom is 0.244 e. The molecule has 1 atom stereocenters. The number of benzene rings is 1. The number of amides is 1. The molecule has 1 aliphatic rings. The molecule has 1 amide bonds. The summed E-state index contributed by atoms with van der Waals surface area (Å²) in [6.07, 6.45) is 0.615. The van der Waals surface area contributed by atoms with E-state index in [0.717, 1.165) is 31.7 Å². The van der Waals surface area contributed by atoms with Crippen molar-refractivity contribution in [2.75, 3.05) is 26.2 Å². The van der Waals surface area contributed by atoms with Gasteiger partial charge in [-0.1, -0.05) is 30.6 Å². The van der Waals surface area contributed by atoms with Crippen molar-refractivity contribution in [2.45, 2.75) is 33.2 Å². The zero-order valence-corrected chi connectivity index (χ0v) is 16.2. The molecule has 0 N–H and O–H groups in total. The van der Waals surface area contributed by atoms with Crippen molar-refractivity contribution < 1.29 is 9.32 Å². The largest absolute Gasteiger partial charge is 0.340 e. The lowest BCUT2D eigenvalue weighted by molar-refractivity contribution is -0.134. The van der Waals surface area contributed by atoms with Gasteiger partial charge in [-0.05, 0) is 37.1 Å². The van der Waals surface area contributed by atoms with E-state index in [2.05, 4.69) is 35.8 Å². The molecule has 1 aromatic carbocycles. The van der Waals surface area contributed by atoms with Gasteiger partial charge in [0.25, 0.3) is 0 Å². The first kappa shape index (κ1) is 18.9. The van der Waals surface area contributed by atoms with Gasteiger partial charge in [0, 0.05) is 43.2 Å². The quantitative estimate of drug-likeness (QED) is 0.797. The van der Waals surface area contributed by atoms with Crippen molar-refractivity contribution >= 4 is 17.5 Å². The van der Waals surface area contributed by atoms with E-state index in [1.165, 1.54) is 0 Å². The van der Waals surface area contributed by atoms with Crippen molar-refractivity contribution in [1.29, 1.82) is 0 Å². The van der Waals surface area contributed by atoms with E-state index in [9.17, 15) is 4.79 Å². The van der Waals surface area contributed by atoms with Gasteiger partial charge in [-0.3, -0.25) is 9.69 Å². The van der Waals surface area contributed by atoms with Crippen LogP contribution in [0.4, 0.5) is 0 Å². The number of hydrogen-bond acceptors (Lipinski definition) is 5. The van der Waals surface area contributed by atoms with Gasteiger partial charge in [-0.25, -0.2) is 0 Å². The summed E-state index contributed by atoms with van der Waals surface area (Å²) in [5.41, 5.74) is 0.876. The Morgan fingerprint density at radius 3 is 2.42 bits per heavy atom. The molecule has 0 bridgehead atoms. The third-order valence-corrected chi connectivity index (χ3v) is 4.95. The number of piperazine rings is 1. The summed E-state index contributed by atoms with van der Waals surface area (Å²) in [5, 5.41) is 4.76. The Morgan fingerprint density at radius 2 is 1.81 bits per heavy atom. The van der Waals surface area contributed by atoms with Crippen LogP contribution in [0.2, 0.25) is 5.02 Å². The molecule has 0 aliphatic carbocycles. The van der Waals surface area contributed by atoms with Crippen LogP contribution in [0.3, 0.4) is 0 Å². The summed E-state index contributed by atoms with van der Waals surface area (Å²) < 4.78 is 5.47. The fraction of sp³-hybridized carbons (Fsp3) is 0.526. The average molecular weight is 377 g/mol. The fourth-order valence-electron chi connectivity index (χ4n) is 3.11. The van der Waals surface area contributed by atoms with Crippen LogP contribution in [0.5, 0.6) is 0 Å². The first-order chi connectivity index (χ1) is 12.4. The smallest absolute Gasteiger partial charge is 0.244 e. The second-order valence-corrected chi connectivity index (χ2v) is 7.59. The number of rotatable bonds is 5. The Kier molecular flexibility index (Phi) is 5.94. The molecule has 3 rings (SSSR count). The lowest BCUT2D eigenvalue weighted by Crippen LogP contribution is -2.49. The summed E-state index contributed by atoms with van der Waals surface area (Å²) >= 11 is 5.92. The number of carbonyl (C=O) groups excluding carboxylic acids is 1. The molecule has 1 aliphatic heterocycles. The van der Waals surface area contributed by atoms with E-state index < -0.39 is 0 Å². The minimum atomic E-state index is 0.0194. The van der Waals surface area contributed by atoms with E-state index in [0.29, 0.717) is 29.1 Å². The average Bonchev–Trinajstić information content (AvgIpc) is 3.11. The highest BCUT2D eigenvalue weighted by Crippen LogP contribution is 2.24. The fourth-order valence-corrected chi connectivity index (χ4v) is 3.24. The molecule has 1 fully saturated rings. The second kappa shape index (κ2) is 8.18. The van der Waals surface area contributed by atoms with Crippen LogP contribution in [0.25, 0.3) is 11.4 Å². The predicted molar refractivity (Wildman–Crippen MR) is 101 cm³/mol. The van der Waals surface area contributed by atoms with E-state index in [4.69, 9.17) is 16.1 Å². The summed E-state index contributed by atoms with van der Waals surface area (Å²) in [5.74, 6) is 1.80. The Bertz CT molecular complexity index is 736. The molecule has 140 valence electrons. The van der Waals surface area contributed by atoms with Crippen LogP contribution in [0.15, 0.2) is 28.8 Å². The highest BCUT2D eigenvalue weighted by Gasteiger charge is 2.27. The van der Waals surface area contributed by atoms with Crippen LogP contribution < -0.4 is 0 Å². The maximum atomic E-state index is 12.2. The highest BCUT2D eigenvalue weighted by molar-refractivity contribution is 6.30. The molecule has 6 nitrogen and oxygen atoms in total. The van der Waals surface area contributed by atoms with Gasteiger partial charge in [0.05, 0.1) is 6.04 Å². The third-order valence-electron chi connectivity index (χ3n) is 4.70. The Morgan fingerprint density at radius 1 is 1.15 bits per heavy atom. The molecule has 26 heavy (non-hydrogen) atoms. The zero-order chi connectivity index (χ0) is 18.7. The van der Waals surface area contributed by atoms with Gasteiger partial charge in [-0.2, -0.15) is 4.98 Å². The van der Waals surface area contributed by atoms with Gasteiger partial charge >= 0.3 is 0 Å². The van der Waals surface area contributed by atoms with Crippen molar-refractivity contribution in [1.82, 2.24) is 19.9 Å². The second-order valence-electron chi connectivity index (χ2n) is 7.15.